The third-order valence-corrected chi connectivity index (χ3v) is 4.27. The summed E-state index contributed by atoms with van der Waals surface area (Å²) in [7, 11) is 2.05. The number of hydrogen-bond acceptors (Lipinski definition) is 6. The Kier molecular flexibility index (Phi) is 13.7. The van der Waals surface area contributed by atoms with Gasteiger partial charge < -0.3 is 29.7 Å². The van der Waals surface area contributed by atoms with Crippen molar-refractivity contribution in [3.05, 3.63) is 0 Å². The van der Waals surface area contributed by atoms with Gasteiger partial charge in [0.25, 0.3) is 0 Å². The van der Waals surface area contributed by atoms with Crippen LogP contribution in [0, 0.1) is 5.92 Å². The van der Waals surface area contributed by atoms with E-state index in [0.29, 0.717) is 38.4 Å². The first kappa shape index (κ1) is 21.8. The Morgan fingerprint density at radius 2 is 1.50 bits per heavy atom. The normalized spacial score (nSPS) is 17.0. The zero-order valence-corrected chi connectivity index (χ0v) is 16.0. The smallest absolute Gasteiger partial charge is 0.0701 e. The molecular weight excluding hydrogens is 306 g/mol. The Bertz CT molecular complexity index is 272. The van der Waals surface area contributed by atoms with Crippen molar-refractivity contribution in [3.8, 4) is 0 Å². The molecule has 0 bridgehead atoms. The van der Waals surface area contributed by atoms with Gasteiger partial charge in [0, 0.05) is 19.1 Å². The van der Waals surface area contributed by atoms with Crippen LogP contribution in [-0.2, 0) is 14.2 Å². The van der Waals surface area contributed by atoms with Crippen molar-refractivity contribution in [2.45, 2.75) is 32.7 Å². The second kappa shape index (κ2) is 15.0. The molecule has 144 valence electrons. The van der Waals surface area contributed by atoms with Crippen LogP contribution in [0.1, 0.15) is 26.7 Å². The summed E-state index contributed by atoms with van der Waals surface area (Å²) in [4.78, 5) is 2.48. The van der Waals surface area contributed by atoms with Crippen LogP contribution >= 0.6 is 0 Å². The fourth-order valence-corrected chi connectivity index (χ4v) is 2.72. The number of nitrogens with zero attached hydrogens (tertiary/aromatic N) is 1. The fraction of sp³-hybridized carbons (Fsp3) is 1.00. The van der Waals surface area contributed by atoms with Crippen molar-refractivity contribution in [2.24, 2.45) is 5.92 Å². The summed E-state index contributed by atoms with van der Waals surface area (Å²) in [6.07, 6.45) is 2.49. The summed E-state index contributed by atoms with van der Waals surface area (Å²) in [5.41, 5.74) is 0. The van der Waals surface area contributed by atoms with E-state index in [1.807, 2.05) is 0 Å². The second-order valence-corrected chi connectivity index (χ2v) is 6.84. The molecule has 1 saturated heterocycles. The van der Waals surface area contributed by atoms with E-state index in [4.69, 9.17) is 14.2 Å². The highest BCUT2D eigenvalue weighted by Gasteiger charge is 2.16. The van der Waals surface area contributed by atoms with Crippen LogP contribution in [-0.4, -0.2) is 90.4 Å². The highest BCUT2D eigenvalue weighted by molar-refractivity contribution is 4.75. The van der Waals surface area contributed by atoms with Gasteiger partial charge in [0.15, 0.2) is 0 Å². The lowest BCUT2D eigenvalue weighted by Crippen LogP contribution is -2.42. The number of piperidine rings is 1. The van der Waals surface area contributed by atoms with E-state index in [-0.39, 0.29) is 0 Å². The van der Waals surface area contributed by atoms with Crippen LogP contribution in [0.4, 0.5) is 0 Å². The van der Waals surface area contributed by atoms with Gasteiger partial charge in [-0.05, 0) is 45.4 Å². The lowest BCUT2D eigenvalue weighted by atomic mass is 10.1. The molecule has 2 N–H and O–H groups in total. The van der Waals surface area contributed by atoms with Crippen LogP contribution < -0.4 is 10.6 Å². The molecule has 24 heavy (non-hydrogen) atoms. The van der Waals surface area contributed by atoms with Gasteiger partial charge in [0.05, 0.1) is 39.6 Å². The van der Waals surface area contributed by atoms with Crippen LogP contribution in [0.3, 0.4) is 0 Å². The molecule has 1 rings (SSSR count). The molecule has 0 radical (unpaired) electrons. The molecule has 6 heteroatoms. The SMILES string of the molecule is CNC1CCN(CCOCCOCCOCCNCC(C)C)CC1. The number of ether oxygens (including phenoxy) is 3. The number of likely N-dealkylation sites (tertiary alicyclic amines) is 1. The summed E-state index contributed by atoms with van der Waals surface area (Å²) in [5, 5.41) is 6.70. The molecule has 0 atom stereocenters. The number of rotatable bonds is 15. The molecule has 0 saturated carbocycles. The van der Waals surface area contributed by atoms with Crippen molar-refractivity contribution in [1.29, 1.82) is 0 Å². The Morgan fingerprint density at radius 1 is 0.917 bits per heavy atom. The maximum atomic E-state index is 5.64. The first-order chi connectivity index (χ1) is 11.7. The van der Waals surface area contributed by atoms with Crippen molar-refractivity contribution >= 4 is 0 Å². The third kappa shape index (κ3) is 12.2. The molecule has 1 aliphatic heterocycles. The average Bonchev–Trinajstić information content (AvgIpc) is 2.59. The van der Waals surface area contributed by atoms with Crippen LogP contribution in [0.5, 0.6) is 0 Å². The average molecular weight is 346 g/mol. The lowest BCUT2D eigenvalue weighted by Gasteiger charge is -2.31. The Hall–Kier alpha value is -0.240. The molecule has 1 aliphatic rings. The summed E-state index contributed by atoms with van der Waals surface area (Å²) < 4.78 is 16.6. The molecule has 0 spiro atoms. The van der Waals surface area contributed by atoms with Gasteiger partial charge in [0.1, 0.15) is 0 Å². The molecule has 0 amide bonds. The fourth-order valence-electron chi connectivity index (χ4n) is 2.72. The maximum Gasteiger partial charge on any atom is 0.0701 e. The lowest BCUT2D eigenvalue weighted by molar-refractivity contribution is 0.00985. The standard InChI is InChI=1S/C18H39N3O3/c1-17(2)16-20-6-10-22-12-14-24-15-13-23-11-9-21-7-4-18(19-3)5-8-21/h17-20H,4-16H2,1-3H3. The van der Waals surface area contributed by atoms with Gasteiger partial charge in [-0.2, -0.15) is 0 Å². The van der Waals surface area contributed by atoms with E-state index in [2.05, 4.69) is 36.4 Å². The number of hydrogen-bond donors (Lipinski definition) is 2. The summed E-state index contributed by atoms with van der Waals surface area (Å²) in [5.74, 6) is 0.688. The monoisotopic (exact) mass is 345 g/mol. The van der Waals surface area contributed by atoms with E-state index >= 15 is 0 Å². The van der Waals surface area contributed by atoms with Crippen molar-refractivity contribution in [1.82, 2.24) is 15.5 Å². The van der Waals surface area contributed by atoms with Gasteiger partial charge in [-0.1, -0.05) is 13.8 Å². The Morgan fingerprint density at radius 3 is 2.08 bits per heavy atom. The topological polar surface area (TPSA) is 55.0 Å². The molecule has 0 aromatic carbocycles. The Balaban J connectivity index is 1.74. The van der Waals surface area contributed by atoms with Gasteiger partial charge in [-0.25, -0.2) is 0 Å². The van der Waals surface area contributed by atoms with Gasteiger partial charge in [0.2, 0.25) is 0 Å². The molecule has 0 unspecified atom stereocenters. The zero-order chi connectivity index (χ0) is 17.5. The van der Waals surface area contributed by atoms with E-state index < -0.39 is 0 Å². The highest BCUT2D eigenvalue weighted by atomic mass is 16.5. The van der Waals surface area contributed by atoms with Crippen molar-refractivity contribution < 1.29 is 14.2 Å². The van der Waals surface area contributed by atoms with Crippen LogP contribution in [0.25, 0.3) is 0 Å². The molecule has 6 nitrogen and oxygen atoms in total. The van der Waals surface area contributed by atoms with E-state index in [0.717, 1.165) is 32.8 Å². The molecule has 0 aromatic heterocycles. The van der Waals surface area contributed by atoms with E-state index in [1.54, 1.807) is 0 Å². The first-order valence-corrected chi connectivity index (χ1v) is 9.56. The molecule has 1 fully saturated rings. The quantitative estimate of drug-likeness (QED) is 0.431. The molecular formula is C18H39N3O3. The largest absolute Gasteiger partial charge is 0.378 e. The highest BCUT2D eigenvalue weighted by Crippen LogP contribution is 2.08. The second-order valence-electron chi connectivity index (χ2n) is 6.84. The van der Waals surface area contributed by atoms with Crippen LogP contribution in [0.2, 0.25) is 0 Å². The summed E-state index contributed by atoms with van der Waals surface area (Å²) in [6.45, 7) is 13.9. The van der Waals surface area contributed by atoms with Gasteiger partial charge in [-0.15, -0.1) is 0 Å². The minimum atomic E-state index is 0.644. The molecule has 0 aliphatic carbocycles. The number of nitrogens with one attached hydrogen (secondary N) is 2. The zero-order valence-electron chi connectivity index (χ0n) is 16.0. The predicted octanol–water partition coefficient (Wildman–Crippen LogP) is 0.966. The molecule has 0 aromatic rings. The van der Waals surface area contributed by atoms with Crippen LogP contribution in [0.15, 0.2) is 0 Å². The minimum Gasteiger partial charge on any atom is -0.378 e. The summed E-state index contributed by atoms with van der Waals surface area (Å²) in [6, 6.07) is 0.698. The van der Waals surface area contributed by atoms with Crippen molar-refractivity contribution in [2.75, 3.05) is 79.4 Å². The van der Waals surface area contributed by atoms with Crippen molar-refractivity contribution in [3.63, 3.8) is 0 Å². The predicted molar refractivity (Wildman–Crippen MR) is 98.7 cm³/mol. The van der Waals surface area contributed by atoms with Gasteiger partial charge in [-0.3, -0.25) is 0 Å². The molecule has 1 heterocycles. The Labute approximate surface area is 148 Å². The summed E-state index contributed by atoms with van der Waals surface area (Å²) >= 11 is 0. The maximum absolute atomic E-state index is 5.64. The van der Waals surface area contributed by atoms with Gasteiger partial charge >= 0.3 is 0 Å². The van der Waals surface area contributed by atoms with E-state index in [9.17, 15) is 0 Å². The third-order valence-electron chi connectivity index (χ3n) is 4.27. The van der Waals surface area contributed by atoms with E-state index in [1.165, 1.54) is 25.9 Å². The first-order valence-electron chi connectivity index (χ1n) is 9.56. The minimum absolute atomic E-state index is 0.644.